The van der Waals surface area contributed by atoms with E-state index in [4.69, 9.17) is 4.74 Å². The van der Waals surface area contributed by atoms with Gasteiger partial charge in [0.25, 0.3) is 11.8 Å². The highest BCUT2D eigenvalue weighted by molar-refractivity contribution is 6.01. The lowest BCUT2D eigenvalue weighted by Gasteiger charge is -2.12. The van der Waals surface area contributed by atoms with Gasteiger partial charge in [-0.1, -0.05) is 17.2 Å². The Hall–Kier alpha value is -1.85. The van der Waals surface area contributed by atoms with Crippen molar-refractivity contribution >= 4 is 18.0 Å². The highest BCUT2D eigenvalue weighted by Crippen LogP contribution is 2.52. The Morgan fingerprint density at radius 2 is 1.67 bits per heavy atom. The van der Waals surface area contributed by atoms with Gasteiger partial charge < -0.3 is 4.74 Å². The third-order valence-corrected chi connectivity index (χ3v) is 4.57. The smallest absolute Gasteiger partial charge is 0.432 e. The van der Waals surface area contributed by atoms with Crippen LogP contribution in [0, 0.1) is 17.8 Å². The molecule has 6 nitrogen and oxygen atoms in total. The number of hydrogen-bond acceptors (Lipinski definition) is 5. The normalized spacial score (nSPS) is 33.0. The molecule has 1 saturated carbocycles. The molecule has 0 N–H and O–H groups in total. The number of rotatable bonds is 3. The van der Waals surface area contributed by atoms with E-state index in [1.165, 1.54) is 0 Å². The molecule has 3 rings (SSSR count). The number of hydrogen-bond donors (Lipinski definition) is 0. The fraction of sp³-hybridized carbons (Fsp3) is 0.667. The first-order valence-corrected chi connectivity index (χ1v) is 7.52. The van der Waals surface area contributed by atoms with Crippen molar-refractivity contribution in [3.63, 3.8) is 0 Å². The summed E-state index contributed by atoms with van der Waals surface area (Å²) in [6.45, 7) is 0.310. The van der Waals surface area contributed by atoms with E-state index in [0.29, 0.717) is 29.4 Å². The van der Waals surface area contributed by atoms with Crippen LogP contribution in [0.15, 0.2) is 12.2 Å². The molecule has 114 valence electrons. The van der Waals surface area contributed by atoms with Crippen molar-refractivity contribution in [2.24, 2.45) is 17.8 Å². The molecule has 3 aliphatic rings. The number of carbonyl (C=O) groups is 3. The number of allylic oxidation sites excluding steroid dienone is 2. The van der Waals surface area contributed by atoms with E-state index >= 15 is 0 Å². The highest BCUT2D eigenvalue weighted by atomic mass is 16.8. The molecule has 1 saturated heterocycles. The van der Waals surface area contributed by atoms with Gasteiger partial charge in [-0.2, -0.15) is 0 Å². The van der Waals surface area contributed by atoms with Crippen LogP contribution in [0.2, 0.25) is 0 Å². The Bertz CT molecular complexity index is 454. The number of amides is 2. The predicted octanol–water partition coefficient (Wildman–Crippen LogP) is 2.20. The zero-order valence-corrected chi connectivity index (χ0v) is 11.8. The first-order chi connectivity index (χ1) is 10.2. The lowest BCUT2D eigenvalue weighted by molar-refractivity contribution is -0.177. The van der Waals surface area contributed by atoms with Crippen LogP contribution in [0.4, 0.5) is 4.79 Å². The molecule has 21 heavy (non-hydrogen) atoms. The molecule has 2 amide bonds. The molecular formula is C15H19NO5. The minimum Gasteiger partial charge on any atom is -0.432 e. The standard InChI is InChI=1S/C15H19NO5/c17-13-7-8-14(18)16(13)21-15(19)20-9-12-10-5-3-1-2-4-6-11(10)12/h1-2,10-12H,3-9H2/b2-1-. The van der Waals surface area contributed by atoms with Crippen LogP contribution >= 0.6 is 0 Å². The monoisotopic (exact) mass is 293 g/mol. The van der Waals surface area contributed by atoms with E-state index in [2.05, 4.69) is 17.0 Å². The van der Waals surface area contributed by atoms with Crippen molar-refractivity contribution < 1.29 is 24.0 Å². The maximum Gasteiger partial charge on any atom is 0.533 e. The second-order valence-electron chi connectivity index (χ2n) is 5.85. The molecule has 6 heteroatoms. The summed E-state index contributed by atoms with van der Waals surface area (Å²) in [5.41, 5.74) is 0. The van der Waals surface area contributed by atoms with Crippen molar-refractivity contribution in [1.29, 1.82) is 0 Å². The lowest BCUT2D eigenvalue weighted by atomic mass is 10.1. The summed E-state index contributed by atoms with van der Waals surface area (Å²) in [5, 5.41) is 0.516. The van der Waals surface area contributed by atoms with Crippen LogP contribution in [-0.2, 0) is 19.2 Å². The number of carbonyl (C=O) groups excluding carboxylic acids is 3. The number of ether oxygens (including phenoxy) is 1. The van der Waals surface area contributed by atoms with Gasteiger partial charge in [-0.3, -0.25) is 14.4 Å². The van der Waals surface area contributed by atoms with Gasteiger partial charge in [-0.15, -0.1) is 0 Å². The van der Waals surface area contributed by atoms with Gasteiger partial charge in [0.1, 0.15) is 0 Å². The maximum absolute atomic E-state index is 11.6. The van der Waals surface area contributed by atoms with Crippen LogP contribution in [0.25, 0.3) is 0 Å². The zero-order valence-electron chi connectivity index (χ0n) is 11.8. The van der Waals surface area contributed by atoms with Gasteiger partial charge in [0.15, 0.2) is 0 Å². The molecule has 0 bridgehead atoms. The van der Waals surface area contributed by atoms with E-state index in [-0.39, 0.29) is 12.8 Å². The number of imide groups is 1. The van der Waals surface area contributed by atoms with E-state index < -0.39 is 18.0 Å². The summed E-state index contributed by atoms with van der Waals surface area (Å²) in [6.07, 6.45) is 8.07. The van der Waals surface area contributed by atoms with Crippen molar-refractivity contribution in [3.05, 3.63) is 12.2 Å². The first kappa shape index (κ1) is 14.1. The molecule has 1 heterocycles. The SMILES string of the molecule is O=C(OCC1C2CC/C=C\CCC21)ON1C(=O)CCC1=O. The van der Waals surface area contributed by atoms with E-state index in [1.54, 1.807) is 0 Å². The molecule has 2 fully saturated rings. The molecule has 2 unspecified atom stereocenters. The van der Waals surface area contributed by atoms with Gasteiger partial charge in [-0.25, -0.2) is 4.79 Å². The first-order valence-electron chi connectivity index (χ1n) is 7.52. The second-order valence-corrected chi connectivity index (χ2v) is 5.85. The topological polar surface area (TPSA) is 72.9 Å². The molecule has 0 aromatic carbocycles. The second kappa shape index (κ2) is 5.87. The molecule has 0 radical (unpaired) electrons. The van der Waals surface area contributed by atoms with E-state index in [1.807, 2.05) is 0 Å². The van der Waals surface area contributed by atoms with Gasteiger partial charge >= 0.3 is 6.16 Å². The molecular weight excluding hydrogens is 274 g/mol. The highest BCUT2D eigenvalue weighted by Gasteiger charge is 2.49. The number of hydroxylamine groups is 2. The summed E-state index contributed by atoms with van der Waals surface area (Å²) in [4.78, 5) is 38.9. The molecule has 0 spiro atoms. The van der Waals surface area contributed by atoms with Crippen molar-refractivity contribution in [2.45, 2.75) is 38.5 Å². The third-order valence-electron chi connectivity index (χ3n) is 4.57. The van der Waals surface area contributed by atoms with Crippen molar-refractivity contribution in [2.75, 3.05) is 6.61 Å². The van der Waals surface area contributed by atoms with Gasteiger partial charge in [0.05, 0.1) is 6.61 Å². The fourth-order valence-electron chi connectivity index (χ4n) is 3.36. The lowest BCUT2D eigenvalue weighted by Crippen LogP contribution is -2.32. The van der Waals surface area contributed by atoms with Crippen LogP contribution in [0.1, 0.15) is 38.5 Å². The molecule has 2 aliphatic carbocycles. The summed E-state index contributed by atoms with van der Waals surface area (Å²) < 4.78 is 5.07. The Labute approximate surface area is 123 Å². The Morgan fingerprint density at radius 3 is 2.24 bits per heavy atom. The molecule has 0 aromatic heterocycles. The van der Waals surface area contributed by atoms with Gasteiger partial charge in [0.2, 0.25) is 0 Å². The summed E-state index contributed by atoms with van der Waals surface area (Å²) in [5.74, 6) is 0.658. The van der Waals surface area contributed by atoms with Crippen molar-refractivity contribution in [1.82, 2.24) is 5.06 Å². The predicted molar refractivity (Wildman–Crippen MR) is 71.6 cm³/mol. The fourth-order valence-corrected chi connectivity index (χ4v) is 3.36. The maximum atomic E-state index is 11.6. The van der Waals surface area contributed by atoms with Crippen LogP contribution < -0.4 is 0 Å². The molecule has 2 atom stereocenters. The average Bonchev–Trinajstić information content (AvgIpc) is 2.98. The van der Waals surface area contributed by atoms with Gasteiger partial charge in [0, 0.05) is 12.8 Å². The van der Waals surface area contributed by atoms with E-state index in [9.17, 15) is 14.4 Å². The summed E-state index contributed by atoms with van der Waals surface area (Å²) in [6, 6.07) is 0. The molecule has 0 aromatic rings. The summed E-state index contributed by atoms with van der Waals surface area (Å²) in [7, 11) is 0. The van der Waals surface area contributed by atoms with Crippen LogP contribution in [0.5, 0.6) is 0 Å². The summed E-state index contributed by atoms with van der Waals surface area (Å²) >= 11 is 0. The van der Waals surface area contributed by atoms with Crippen LogP contribution in [-0.4, -0.2) is 29.6 Å². The Kier molecular flexibility index (Phi) is 3.94. The van der Waals surface area contributed by atoms with Gasteiger partial charge in [-0.05, 0) is 43.4 Å². The van der Waals surface area contributed by atoms with E-state index in [0.717, 1.165) is 25.7 Å². The molecule has 1 aliphatic heterocycles. The third kappa shape index (κ3) is 3.09. The largest absolute Gasteiger partial charge is 0.533 e. The van der Waals surface area contributed by atoms with Crippen LogP contribution in [0.3, 0.4) is 0 Å². The Morgan fingerprint density at radius 1 is 1.10 bits per heavy atom. The quantitative estimate of drug-likeness (QED) is 0.453. The minimum absolute atomic E-state index is 0.0892. The Balaban J connectivity index is 1.42. The number of fused-ring (bicyclic) bond motifs is 1. The number of nitrogens with zero attached hydrogens (tertiary/aromatic N) is 1. The average molecular weight is 293 g/mol. The zero-order chi connectivity index (χ0) is 14.8. The van der Waals surface area contributed by atoms with Crippen molar-refractivity contribution in [3.8, 4) is 0 Å². The minimum atomic E-state index is -0.962.